The lowest BCUT2D eigenvalue weighted by Gasteiger charge is -2.08. The largest absolute Gasteiger partial charge is 0.416 e. The molecule has 0 radical (unpaired) electrons. The summed E-state index contributed by atoms with van der Waals surface area (Å²) < 4.78 is 75.7. The van der Waals surface area contributed by atoms with Crippen molar-refractivity contribution in [3.05, 3.63) is 70.9 Å². The number of aliphatic imine (C=N–C) groups is 1. The second kappa shape index (κ2) is 7.82. The van der Waals surface area contributed by atoms with Crippen LogP contribution in [0.3, 0.4) is 0 Å². The van der Waals surface area contributed by atoms with E-state index in [1.165, 1.54) is 30.5 Å². The molecule has 2 aromatic rings. The van der Waals surface area contributed by atoms with Crippen molar-refractivity contribution in [1.82, 2.24) is 0 Å². The van der Waals surface area contributed by atoms with Gasteiger partial charge >= 0.3 is 12.4 Å². The quantitative estimate of drug-likeness (QED) is 0.459. The van der Waals surface area contributed by atoms with Crippen LogP contribution >= 0.6 is 11.6 Å². The Morgan fingerprint density at radius 3 is 2.08 bits per heavy atom. The van der Waals surface area contributed by atoms with Crippen LogP contribution in [0.1, 0.15) is 11.1 Å². The maximum Gasteiger partial charge on any atom is 0.416 e. The van der Waals surface area contributed by atoms with Gasteiger partial charge in [-0.25, -0.2) is 0 Å². The standard InChI is InChI=1S/C17H11ClF6N2/c18-13(9-25-14-5-1-3-11(7-14)16(19,20)21)10-26-15-6-2-4-12(8-15)17(22,23)24/h1-10,25H/b13-9+,26-10?. The summed E-state index contributed by atoms with van der Waals surface area (Å²) in [7, 11) is 0. The Morgan fingerprint density at radius 1 is 0.885 bits per heavy atom. The predicted molar refractivity (Wildman–Crippen MR) is 88.6 cm³/mol. The van der Waals surface area contributed by atoms with Crippen LogP contribution in [0.2, 0.25) is 0 Å². The molecule has 0 fully saturated rings. The molecule has 9 heteroatoms. The van der Waals surface area contributed by atoms with Gasteiger partial charge in [-0.2, -0.15) is 26.3 Å². The first kappa shape index (κ1) is 19.8. The Hall–Kier alpha value is -2.48. The van der Waals surface area contributed by atoms with Crippen molar-refractivity contribution in [2.75, 3.05) is 5.32 Å². The zero-order chi connectivity index (χ0) is 19.4. The minimum absolute atomic E-state index is 0.0141. The van der Waals surface area contributed by atoms with Gasteiger partial charge in [-0.3, -0.25) is 4.99 Å². The Bertz CT molecular complexity index is 824. The smallest absolute Gasteiger partial charge is 0.360 e. The van der Waals surface area contributed by atoms with Crippen LogP contribution in [0, 0.1) is 0 Å². The zero-order valence-corrected chi connectivity index (χ0v) is 13.6. The molecule has 0 saturated carbocycles. The number of nitrogens with zero attached hydrogens (tertiary/aromatic N) is 1. The zero-order valence-electron chi connectivity index (χ0n) is 12.9. The van der Waals surface area contributed by atoms with Crippen LogP contribution in [-0.4, -0.2) is 6.21 Å². The SMILES string of the molecule is FC(F)(F)c1cccc(N=C/C(Cl)=C\Nc2cccc(C(F)(F)F)c2)c1. The molecule has 0 amide bonds. The number of allylic oxidation sites excluding steroid dienone is 1. The lowest BCUT2D eigenvalue weighted by Crippen LogP contribution is -2.05. The lowest BCUT2D eigenvalue weighted by atomic mass is 10.2. The van der Waals surface area contributed by atoms with E-state index in [0.29, 0.717) is 0 Å². The molecule has 0 aliphatic heterocycles. The second-order valence-electron chi connectivity index (χ2n) is 5.06. The van der Waals surface area contributed by atoms with E-state index in [4.69, 9.17) is 11.6 Å². The maximum atomic E-state index is 12.6. The molecular formula is C17H11ClF6N2. The minimum Gasteiger partial charge on any atom is -0.360 e. The summed E-state index contributed by atoms with van der Waals surface area (Å²) in [6.45, 7) is 0. The minimum atomic E-state index is -4.49. The van der Waals surface area contributed by atoms with E-state index in [1.807, 2.05) is 0 Å². The first-order valence-electron chi connectivity index (χ1n) is 7.06. The third-order valence-electron chi connectivity index (χ3n) is 3.08. The van der Waals surface area contributed by atoms with Crippen molar-refractivity contribution in [3.63, 3.8) is 0 Å². The molecule has 0 aliphatic carbocycles. The molecule has 2 rings (SSSR count). The molecule has 0 aliphatic rings. The van der Waals surface area contributed by atoms with Gasteiger partial charge in [0.05, 0.1) is 21.8 Å². The van der Waals surface area contributed by atoms with Gasteiger partial charge in [-0.15, -0.1) is 0 Å². The van der Waals surface area contributed by atoms with Crippen LogP contribution in [0.25, 0.3) is 0 Å². The highest BCUT2D eigenvalue weighted by atomic mass is 35.5. The molecule has 26 heavy (non-hydrogen) atoms. The summed E-state index contributed by atoms with van der Waals surface area (Å²) in [4.78, 5) is 3.80. The highest BCUT2D eigenvalue weighted by molar-refractivity contribution is 6.39. The van der Waals surface area contributed by atoms with Crippen LogP contribution < -0.4 is 5.32 Å². The normalized spacial score (nSPS) is 13.3. The molecule has 0 aromatic heterocycles. The Labute approximate surface area is 149 Å². The first-order valence-corrected chi connectivity index (χ1v) is 7.44. The first-order chi connectivity index (χ1) is 12.1. The number of hydrogen-bond donors (Lipinski definition) is 1. The Kier molecular flexibility index (Phi) is 5.97. The van der Waals surface area contributed by atoms with Crippen LogP contribution in [0.15, 0.2) is 64.8 Å². The fourth-order valence-electron chi connectivity index (χ4n) is 1.87. The van der Waals surface area contributed by atoms with E-state index in [-0.39, 0.29) is 16.4 Å². The molecule has 0 spiro atoms. The van der Waals surface area contributed by atoms with Crippen molar-refractivity contribution in [3.8, 4) is 0 Å². The molecule has 2 nitrogen and oxygen atoms in total. The summed E-state index contributed by atoms with van der Waals surface area (Å²) in [6, 6.07) is 8.76. The molecule has 0 heterocycles. The molecular weight excluding hydrogens is 382 g/mol. The molecule has 0 unspecified atom stereocenters. The highest BCUT2D eigenvalue weighted by Gasteiger charge is 2.31. The monoisotopic (exact) mass is 392 g/mol. The number of rotatable bonds is 4. The van der Waals surface area contributed by atoms with Gasteiger partial charge in [0, 0.05) is 18.1 Å². The van der Waals surface area contributed by atoms with E-state index in [0.717, 1.165) is 30.5 Å². The number of anilines is 1. The van der Waals surface area contributed by atoms with Crippen molar-refractivity contribution < 1.29 is 26.3 Å². The average Bonchev–Trinajstić information content (AvgIpc) is 2.57. The fraction of sp³-hybridized carbons (Fsp3) is 0.118. The summed E-state index contributed by atoms with van der Waals surface area (Å²) in [5, 5.41) is 2.55. The number of halogens is 7. The molecule has 1 N–H and O–H groups in total. The van der Waals surface area contributed by atoms with E-state index < -0.39 is 23.5 Å². The van der Waals surface area contributed by atoms with Crippen molar-refractivity contribution in [1.29, 1.82) is 0 Å². The van der Waals surface area contributed by atoms with Gasteiger partial charge < -0.3 is 5.32 Å². The van der Waals surface area contributed by atoms with Crippen molar-refractivity contribution in [2.45, 2.75) is 12.4 Å². The molecule has 0 atom stereocenters. The number of alkyl halides is 6. The lowest BCUT2D eigenvalue weighted by molar-refractivity contribution is -0.138. The van der Waals surface area contributed by atoms with Crippen molar-refractivity contribution in [2.24, 2.45) is 4.99 Å². The second-order valence-corrected chi connectivity index (χ2v) is 5.49. The highest BCUT2D eigenvalue weighted by Crippen LogP contribution is 2.32. The van der Waals surface area contributed by atoms with Gasteiger partial charge in [0.1, 0.15) is 0 Å². The Morgan fingerprint density at radius 2 is 1.46 bits per heavy atom. The summed E-state index contributed by atoms with van der Waals surface area (Å²) in [5.41, 5.74) is -1.50. The van der Waals surface area contributed by atoms with Crippen molar-refractivity contribution >= 4 is 29.2 Å². The van der Waals surface area contributed by atoms with Crippen LogP contribution in [0.5, 0.6) is 0 Å². The van der Waals surface area contributed by atoms with E-state index in [9.17, 15) is 26.3 Å². The molecule has 0 saturated heterocycles. The number of benzene rings is 2. The average molecular weight is 393 g/mol. The fourth-order valence-corrected chi connectivity index (χ4v) is 1.98. The number of nitrogens with one attached hydrogen (secondary N) is 1. The maximum absolute atomic E-state index is 12.6. The number of hydrogen-bond acceptors (Lipinski definition) is 2. The van der Waals surface area contributed by atoms with Gasteiger partial charge in [0.2, 0.25) is 0 Å². The Balaban J connectivity index is 2.08. The predicted octanol–water partition coefficient (Wildman–Crippen LogP) is 6.62. The van der Waals surface area contributed by atoms with Crippen LogP contribution in [0.4, 0.5) is 37.7 Å². The van der Waals surface area contributed by atoms with E-state index >= 15 is 0 Å². The van der Waals surface area contributed by atoms with Gasteiger partial charge in [-0.1, -0.05) is 23.7 Å². The third-order valence-corrected chi connectivity index (χ3v) is 3.28. The van der Waals surface area contributed by atoms with Gasteiger partial charge in [0.25, 0.3) is 0 Å². The topological polar surface area (TPSA) is 24.4 Å². The molecule has 0 bridgehead atoms. The van der Waals surface area contributed by atoms with E-state index in [1.54, 1.807) is 0 Å². The third kappa shape index (κ3) is 5.80. The summed E-state index contributed by atoms with van der Waals surface area (Å²) in [5.74, 6) is 0. The van der Waals surface area contributed by atoms with Crippen LogP contribution in [-0.2, 0) is 12.4 Å². The molecule has 2 aromatic carbocycles. The van der Waals surface area contributed by atoms with E-state index in [2.05, 4.69) is 10.3 Å². The van der Waals surface area contributed by atoms with Gasteiger partial charge in [0.15, 0.2) is 0 Å². The summed E-state index contributed by atoms with van der Waals surface area (Å²) in [6.07, 6.45) is -6.71. The van der Waals surface area contributed by atoms with Gasteiger partial charge in [-0.05, 0) is 36.4 Å². The summed E-state index contributed by atoms with van der Waals surface area (Å²) >= 11 is 5.84. The molecule has 138 valence electrons.